The first kappa shape index (κ1) is 43.2. The maximum Gasteiger partial charge on any atom is 0.306 e. The molecule has 0 radical (unpaired) electrons. The van der Waals surface area contributed by atoms with Gasteiger partial charge >= 0.3 is 5.97 Å². The highest BCUT2D eigenvalue weighted by atomic mass is 79.9. The van der Waals surface area contributed by atoms with Crippen LogP contribution in [0.4, 0.5) is 0 Å². The van der Waals surface area contributed by atoms with Crippen LogP contribution in [0.25, 0.3) is 0 Å². The molecule has 4 rings (SSSR count). The number of fused-ring (bicyclic) bond motifs is 5. The third kappa shape index (κ3) is 11.5. The lowest BCUT2D eigenvalue weighted by atomic mass is 9.44. The van der Waals surface area contributed by atoms with E-state index in [0.717, 1.165) is 42.9 Å². The third-order valence-corrected chi connectivity index (χ3v) is 18.9. The van der Waals surface area contributed by atoms with E-state index in [9.17, 15) is 4.79 Å². The molecule has 0 aromatic carbocycles. The molecular formula is C46H82Br2O2. The normalized spacial score (nSPS) is 35.0. The highest BCUT2D eigenvalue weighted by Gasteiger charge is 2.66. The second kappa shape index (κ2) is 22.1. The van der Waals surface area contributed by atoms with Crippen molar-refractivity contribution >= 4 is 37.8 Å². The molecule has 0 amide bonds. The van der Waals surface area contributed by atoms with Crippen molar-refractivity contribution in [3.8, 4) is 0 Å². The van der Waals surface area contributed by atoms with Gasteiger partial charge in [-0.1, -0.05) is 194 Å². The highest BCUT2D eigenvalue weighted by molar-refractivity contribution is 9.12. The summed E-state index contributed by atoms with van der Waals surface area (Å²) in [6.07, 6.45) is 42.7. The lowest BCUT2D eigenvalue weighted by Gasteiger charge is -2.65. The van der Waals surface area contributed by atoms with Crippen LogP contribution in [0.5, 0.6) is 0 Å². The maximum absolute atomic E-state index is 13.0. The lowest BCUT2D eigenvalue weighted by molar-refractivity contribution is -0.157. The summed E-state index contributed by atoms with van der Waals surface area (Å²) in [5.74, 6) is 3.54. The van der Waals surface area contributed by atoms with Crippen molar-refractivity contribution in [1.82, 2.24) is 0 Å². The smallest absolute Gasteiger partial charge is 0.306 e. The van der Waals surface area contributed by atoms with Gasteiger partial charge in [-0.3, -0.25) is 4.79 Å². The molecule has 4 heteroatoms. The van der Waals surface area contributed by atoms with Crippen molar-refractivity contribution in [3.05, 3.63) is 0 Å². The minimum atomic E-state index is 0.0167. The average molecular weight is 827 g/mol. The van der Waals surface area contributed by atoms with Gasteiger partial charge in [0.15, 0.2) is 0 Å². The van der Waals surface area contributed by atoms with Gasteiger partial charge in [-0.2, -0.15) is 0 Å². The number of hydrogen-bond donors (Lipinski definition) is 0. The number of carbonyl (C=O) groups excluding carboxylic acids is 1. The van der Waals surface area contributed by atoms with Crippen molar-refractivity contribution < 1.29 is 9.53 Å². The van der Waals surface area contributed by atoms with Gasteiger partial charge in [-0.05, 0) is 92.3 Å². The summed E-state index contributed by atoms with van der Waals surface area (Å²) in [4.78, 5) is 13.4. The Bertz CT molecular complexity index is 954. The zero-order valence-corrected chi connectivity index (χ0v) is 36.8. The number of ether oxygens (including phenoxy) is 1. The summed E-state index contributed by atoms with van der Waals surface area (Å²) in [5.41, 5.74) is 0.818. The summed E-state index contributed by atoms with van der Waals surface area (Å²) in [6.45, 7) is 9.95. The van der Waals surface area contributed by atoms with Gasteiger partial charge in [-0.25, -0.2) is 0 Å². The predicted molar refractivity (Wildman–Crippen MR) is 224 cm³/mol. The van der Waals surface area contributed by atoms with Crippen LogP contribution >= 0.6 is 31.9 Å². The summed E-state index contributed by atoms with van der Waals surface area (Å²) in [7, 11) is 0. The van der Waals surface area contributed by atoms with Gasteiger partial charge in [-0.15, -0.1) is 0 Å². The van der Waals surface area contributed by atoms with Gasteiger partial charge in [0.25, 0.3) is 0 Å². The molecule has 2 nitrogen and oxygen atoms in total. The Morgan fingerprint density at radius 2 is 1.16 bits per heavy atom. The summed E-state index contributed by atoms with van der Waals surface area (Å²) >= 11 is 8.73. The van der Waals surface area contributed by atoms with Crippen LogP contribution in [-0.4, -0.2) is 21.2 Å². The Morgan fingerprint density at radius 1 is 0.640 bits per heavy atom. The number of rotatable bonds is 25. The fourth-order valence-electron chi connectivity index (χ4n) is 12.1. The van der Waals surface area contributed by atoms with E-state index < -0.39 is 0 Å². The molecule has 4 saturated carbocycles. The number of hydrogen-bond acceptors (Lipinski definition) is 2. The van der Waals surface area contributed by atoms with Crippen LogP contribution in [0.1, 0.15) is 233 Å². The van der Waals surface area contributed by atoms with Crippen molar-refractivity contribution in [1.29, 1.82) is 0 Å². The summed E-state index contributed by atoms with van der Waals surface area (Å²) in [6, 6.07) is 0. The second-order valence-electron chi connectivity index (χ2n) is 18.6. The molecule has 292 valence electrons. The predicted octanol–water partition coefficient (Wildman–Crippen LogP) is 15.9. The largest absolute Gasteiger partial charge is 0.462 e. The van der Waals surface area contributed by atoms with Gasteiger partial charge < -0.3 is 4.74 Å². The number of halogens is 2. The standard InChI is InChI=1S/C46H82Br2O2/c1-5-7-9-11-13-14-15-16-17-18-19-20-21-22-24-26-28-43(49)50-38-31-34-45(4)41-32-33-44(3)37(27-25-23-12-10-8-6-2)29-30-40(44)39(41)35-42(47)46(45,48)36-38/h37-42H,5-36H2,1-4H3/t37-,38+,39+,40-,41-,42-,44-,45-,46+/m1/s1. The van der Waals surface area contributed by atoms with Crippen LogP contribution in [0.3, 0.4) is 0 Å². The molecular weight excluding hydrogens is 744 g/mol. The van der Waals surface area contributed by atoms with Gasteiger partial charge in [0.1, 0.15) is 6.10 Å². The Kier molecular flexibility index (Phi) is 19.1. The molecule has 0 aromatic heterocycles. The van der Waals surface area contributed by atoms with Crippen molar-refractivity contribution in [2.45, 2.75) is 248 Å². The quantitative estimate of drug-likeness (QED) is 0.0521. The van der Waals surface area contributed by atoms with Crippen molar-refractivity contribution in [2.75, 3.05) is 0 Å². The molecule has 0 bridgehead atoms. The minimum absolute atomic E-state index is 0.0167. The van der Waals surface area contributed by atoms with E-state index in [1.54, 1.807) is 0 Å². The Labute approximate surface area is 328 Å². The minimum Gasteiger partial charge on any atom is -0.462 e. The molecule has 0 heterocycles. The molecule has 9 atom stereocenters. The van der Waals surface area contributed by atoms with Crippen LogP contribution in [-0.2, 0) is 9.53 Å². The fraction of sp³-hybridized carbons (Fsp3) is 0.978. The molecule has 0 aliphatic heterocycles. The first-order valence-electron chi connectivity index (χ1n) is 22.7. The second-order valence-corrected chi connectivity index (χ2v) is 21.2. The number of carbonyl (C=O) groups is 1. The van der Waals surface area contributed by atoms with Crippen LogP contribution in [0.2, 0.25) is 0 Å². The Balaban J connectivity index is 1.11. The Hall–Kier alpha value is 0.430. The average Bonchev–Trinajstić information content (AvgIpc) is 3.43. The van der Waals surface area contributed by atoms with Gasteiger partial charge in [0.05, 0.1) is 0 Å². The maximum atomic E-state index is 13.0. The number of alkyl halides is 2. The number of unbranched alkanes of at least 4 members (excludes halogenated alkanes) is 20. The molecule has 0 N–H and O–H groups in total. The zero-order valence-electron chi connectivity index (χ0n) is 33.7. The van der Waals surface area contributed by atoms with E-state index in [-0.39, 0.29) is 21.8 Å². The van der Waals surface area contributed by atoms with E-state index >= 15 is 0 Å². The molecule has 0 aromatic rings. The highest BCUT2D eigenvalue weighted by Crippen LogP contribution is 2.71. The lowest BCUT2D eigenvalue weighted by Crippen LogP contribution is -2.64. The van der Waals surface area contributed by atoms with Crippen LogP contribution in [0, 0.1) is 34.5 Å². The van der Waals surface area contributed by atoms with Crippen LogP contribution in [0.15, 0.2) is 0 Å². The molecule has 4 aliphatic carbocycles. The van der Waals surface area contributed by atoms with E-state index in [2.05, 4.69) is 59.6 Å². The topological polar surface area (TPSA) is 26.3 Å². The molecule has 4 aliphatic rings. The molecule has 4 fully saturated rings. The SMILES string of the molecule is CCCCCCCCCCCCCCCCCCC(=O)O[C@H]1CC[C@]2(C)[C@@H]3CC[C@]4(C)[C@H](CCCCCCCC)CC[C@@H]4[C@@H]3C[C@@H](Br)[C@@]2(Br)C1. The van der Waals surface area contributed by atoms with Gasteiger partial charge in [0.2, 0.25) is 0 Å². The third-order valence-electron chi connectivity index (χ3n) is 15.3. The van der Waals surface area contributed by atoms with E-state index in [1.807, 2.05) is 0 Å². The molecule has 0 spiro atoms. The molecule has 0 saturated heterocycles. The zero-order chi connectivity index (χ0) is 35.9. The Morgan fingerprint density at radius 3 is 1.72 bits per heavy atom. The molecule has 0 unspecified atom stereocenters. The van der Waals surface area contributed by atoms with E-state index in [4.69, 9.17) is 4.74 Å². The van der Waals surface area contributed by atoms with E-state index in [1.165, 1.54) is 180 Å². The summed E-state index contributed by atoms with van der Waals surface area (Å²) in [5, 5.41) is 0. The fourth-order valence-corrected chi connectivity index (χ4v) is 14.2. The first-order valence-corrected chi connectivity index (χ1v) is 24.4. The van der Waals surface area contributed by atoms with Crippen LogP contribution < -0.4 is 0 Å². The number of esters is 1. The molecule has 50 heavy (non-hydrogen) atoms. The van der Waals surface area contributed by atoms with Crippen molar-refractivity contribution in [3.63, 3.8) is 0 Å². The summed E-state index contributed by atoms with van der Waals surface area (Å²) < 4.78 is 6.25. The van der Waals surface area contributed by atoms with Crippen molar-refractivity contribution in [2.24, 2.45) is 34.5 Å². The van der Waals surface area contributed by atoms with E-state index in [0.29, 0.717) is 16.7 Å². The monoisotopic (exact) mass is 824 g/mol. The van der Waals surface area contributed by atoms with Gasteiger partial charge in [0, 0.05) is 22.0 Å². The first-order chi connectivity index (χ1) is 24.2.